The number of ether oxygens (including phenoxy) is 1. The van der Waals surface area contributed by atoms with E-state index in [0.717, 1.165) is 18.8 Å². The van der Waals surface area contributed by atoms with Gasteiger partial charge in [0.1, 0.15) is 5.75 Å². The molecule has 0 aromatic heterocycles. The fourth-order valence-electron chi connectivity index (χ4n) is 2.03. The molecule has 0 aliphatic carbocycles. The first-order valence-electron chi connectivity index (χ1n) is 5.76. The molecule has 0 saturated heterocycles. The quantitative estimate of drug-likeness (QED) is 0.623. The van der Waals surface area contributed by atoms with Crippen LogP contribution in [0.3, 0.4) is 0 Å². The fourth-order valence-corrected chi connectivity index (χ4v) is 2.03. The summed E-state index contributed by atoms with van der Waals surface area (Å²) in [4.78, 5) is 0. The molecule has 15 heavy (non-hydrogen) atoms. The first-order chi connectivity index (χ1) is 6.98. The van der Waals surface area contributed by atoms with Crippen LogP contribution in [0.4, 0.5) is 0 Å². The Bertz CT molecular complexity index is 360. The van der Waals surface area contributed by atoms with Gasteiger partial charge in [0.25, 0.3) is 0 Å². The molecule has 0 amide bonds. The molecule has 1 heteroatoms. The lowest BCUT2D eigenvalue weighted by atomic mass is 9.83. The van der Waals surface area contributed by atoms with E-state index in [4.69, 9.17) is 4.74 Å². The van der Waals surface area contributed by atoms with E-state index in [2.05, 4.69) is 45.9 Å². The zero-order chi connectivity index (χ0) is 11.1. The van der Waals surface area contributed by atoms with Gasteiger partial charge >= 0.3 is 0 Å². The highest BCUT2D eigenvalue weighted by Crippen LogP contribution is 2.36. The second-order valence-electron chi connectivity index (χ2n) is 5.54. The smallest absolute Gasteiger partial charge is 0.122 e. The van der Waals surface area contributed by atoms with Gasteiger partial charge in [0.15, 0.2) is 0 Å². The molecule has 82 valence electrons. The third-order valence-electron chi connectivity index (χ3n) is 3.22. The molecule has 0 spiro atoms. The SMILES string of the molecule is CC1CCOc2ccc(C(C)(C)C)cc21. The Balaban J connectivity index is 2.44. The van der Waals surface area contributed by atoms with Gasteiger partial charge in [-0.25, -0.2) is 0 Å². The molecule has 1 aromatic carbocycles. The van der Waals surface area contributed by atoms with Gasteiger partial charge in [-0.15, -0.1) is 0 Å². The van der Waals surface area contributed by atoms with Gasteiger partial charge in [-0.2, -0.15) is 0 Å². The van der Waals surface area contributed by atoms with Crippen LogP contribution in [0.15, 0.2) is 18.2 Å². The molecular formula is C14H20O. The Morgan fingerprint density at radius 3 is 2.67 bits per heavy atom. The maximum absolute atomic E-state index is 5.66. The summed E-state index contributed by atoms with van der Waals surface area (Å²) in [5, 5.41) is 0. The molecule has 2 rings (SSSR count). The average Bonchev–Trinajstić information content (AvgIpc) is 2.16. The number of fused-ring (bicyclic) bond motifs is 1. The molecule has 0 bridgehead atoms. The zero-order valence-electron chi connectivity index (χ0n) is 10.1. The van der Waals surface area contributed by atoms with Crippen molar-refractivity contribution < 1.29 is 4.74 Å². The monoisotopic (exact) mass is 204 g/mol. The Morgan fingerprint density at radius 1 is 1.27 bits per heavy atom. The standard InChI is InChI=1S/C14H20O/c1-10-7-8-15-13-6-5-11(9-12(10)13)14(2,3)4/h5-6,9-10H,7-8H2,1-4H3. The number of benzene rings is 1. The van der Waals surface area contributed by atoms with Crippen LogP contribution >= 0.6 is 0 Å². The van der Waals surface area contributed by atoms with Crippen LogP contribution in [0, 0.1) is 0 Å². The third kappa shape index (κ3) is 2.01. The van der Waals surface area contributed by atoms with Gasteiger partial charge in [-0.3, -0.25) is 0 Å². The van der Waals surface area contributed by atoms with Crippen molar-refractivity contribution in [3.63, 3.8) is 0 Å². The summed E-state index contributed by atoms with van der Waals surface area (Å²) >= 11 is 0. The van der Waals surface area contributed by atoms with E-state index < -0.39 is 0 Å². The fraction of sp³-hybridized carbons (Fsp3) is 0.571. The van der Waals surface area contributed by atoms with Crippen LogP contribution in [0.25, 0.3) is 0 Å². The molecule has 0 saturated carbocycles. The normalized spacial score (nSPS) is 20.7. The van der Waals surface area contributed by atoms with Crippen LogP contribution in [0.1, 0.15) is 51.2 Å². The van der Waals surface area contributed by atoms with Gasteiger partial charge in [0, 0.05) is 0 Å². The summed E-state index contributed by atoms with van der Waals surface area (Å²) in [6, 6.07) is 6.64. The molecule has 0 N–H and O–H groups in total. The molecule has 1 aliphatic heterocycles. The van der Waals surface area contributed by atoms with Crippen molar-refractivity contribution in [3.8, 4) is 5.75 Å². The maximum Gasteiger partial charge on any atom is 0.122 e. The Labute approximate surface area is 92.5 Å². The average molecular weight is 204 g/mol. The van der Waals surface area contributed by atoms with Crippen molar-refractivity contribution >= 4 is 0 Å². The summed E-state index contributed by atoms with van der Waals surface area (Å²) in [6.07, 6.45) is 1.14. The van der Waals surface area contributed by atoms with Gasteiger partial charge in [-0.05, 0) is 34.9 Å². The maximum atomic E-state index is 5.66. The van der Waals surface area contributed by atoms with Crippen LogP contribution in [0.2, 0.25) is 0 Å². The zero-order valence-corrected chi connectivity index (χ0v) is 10.1. The third-order valence-corrected chi connectivity index (χ3v) is 3.22. The highest BCUT2D eigenvalue weighted by molar-refractivity contribution is 5.42. The van der Waals surface area contributed by atoms with E-state index >= 15 is 0 Å². The molecular weight excluding hydrogens is 184 g/mol. The van der Waals surface area contributed by atoms with E-state index in [9.17, 15) is 0 Å². The predicted octanol–water partition coefficient (Wildman–Crippen LogP) is 3.87. The minimum absolute atomic E-state index is 0.228. The number of hydrogen-bond acceptors (Lipinski definition) is 1. The molecule has 1 heterocycles. The van der Waals surface area contributed by atoms with Crippen molar-refractivity contribution in [2.45, 2.75) is 45.4 Å². The minimum Gasteiger partial charge on any atom is -0.493 e. The predicted molar refractivity (Wildman–Crippen MR) is 63.7 cm³/mol. The highest BCUT2D eigenvalue weighted by Gasteiger charge is 2.21. The van der Waals surface area contributed by atoms with Crippen LogP contribution in [-0.2, 0) is 5.41 Å². The summed E-state index contributed by atoms with van der Waals surface area (Å²) in [5.74, 6) is 1.72. The lowest BCUT2D eigenvalue weighted by Crippen LogP contribution is -2.16. The van der Waals surface area contributed by atoms with Gasteiger partial charge < -0.3 is 4.74 Å². The molecule has 1 nitrogen and oxygen atoms in total. The van der Waals surface area contributed by atoms with Crippen molar-refractivity contribution in [1.29, 1.82) is 0 Å². The van der Waals surface area contributed by atoms with E-state index in [1.54, 1.807) is 0 Å². The Kier molecular flexibility index (Phi) is 2.49. The van der Waals surface area contributed by atoms with Crippen molar-refractivity contribution in [1.82, 2.24) is 0 Å². The van der Waals surface area contributed by atoms with E-state index in [1.807, 2.05) is 0 Å². The molecule has 1 aliphatic rings. The van der Waals surface area contributed by atoms with Crippen molar-refractivity contribution in [2.24, 2.45) is 0 Å². The van der Waals surface area contributed by atoms with Crippen molar-refractivity contribution in [2.75, 3.05) is 6.61 Å². The van der Waals surface area contributed by atoms with Crippen molar-refractivity contribution in [3.05, 3.63) is 29.3 Å². The number of rotatable bonds is 0. The molecule has 1 atom stereocenters. The summed E-state index contributed by atoms with van der Waals surface area (Å²) in [5.41, 5.74) is 3.01. The molecule has 1 aromatic rings. The Hall–Kier alpha value is -0.980. The summed E-state index contributed by atoms with van der Waals surface area (Å²) in [7, 11) is 0. The molecule has 0 radical (unpaired) electrons. The highest BCUT2D eigenvalue weighted by atomic mass is 16.5. The second kappa shape index (κ2) is 3.55. The van der Waals surface area contributed by atoms with E-state index in [1.165, 1.54) is 11.1 Å². The van der Waals surface area contributed by atoms with E-state index in [0.29, 0.717) is 5.92 Å². The second-order valence-corrected chi connectivity index (χ2v) is 5.54. The van der Waals surface area contributed by atoms with Crippen LogP contribution in [0.5, 0.6) is 5.75 Å². The number of hydrogen-bond donors (Lipinski definition) is 0. The lowest BCUT2D eigenvalue weighted by Gasteiger charge is -2.26. The minimum atomic E-state index is 0.228. The van der Waals surface area contributed by atoms with Gasteiger partial charge in [0.2, 0.25) is 0 Å². The van der Waals surface area contributed by atoms with Crippen LogP contribution < -0.4 is 4.74 Å². The Morgan fingerprint density at radius 2 is 2.00 bits per heavy atom. The summed E-state index contributed by atoms with van der Waals surface area (Å²) < 4.78 is 5.66. The lowest BCUT2D eigenvalue weighted by molar-refractivity contribution is 0.272. The van der Waals surface area contributed by atoms with Crippen LogP contribution in [-0.4, -0.2) is 6.61 Å². The topological polar surface area (TPSA) is 9.23 Å². The van der Waals surface area contributed by atoms with Gasteiger partial charge in [-0.1, -0.05) is 39.8 Å². The summed E-state index contributed by atoms with van der Waals surface area (Å²) in [6.45, 7) is 9.91. The first-order valence-corrected chi connectivity index (χ1v) is 5.76. The van der Waals surface area contributed by atoms with E-state index in [-0.39, 0.29) is 5.41 Å². The molecule has 1 unspecified atom stereocenters. The van der Waals surface area contributed by atoms with Gasteiger partial charge in [0.05, 0.1) is 6.61 Å². The largest absolute Gasteiger partial charge is 0.493 e. The first kappa shape index (κ1) is 10.5. The molecule has 0 fully saturated rings.